The van der Waals surface area contributed by atoms with Crippen molar-refractivity contribution in [2.45, 2.75) is 6.42 Å². The van der Waals surface area contributed by atoms with Crippen LogP contribution in [0.2, 0.25) is 0 Å². The molecule has 0 unspecified atom stereocenters. The van der Waals surface area contributed by atoms with Crippen LogP contribution >= 0.6 is 12.6 Å². The van der Waals surface area contributed by atoms with Crippen LogP contribution < -0.4 is 4.90 Å². The summed E-state index contributed by atoms with van der Waals surface area (Å²) in [5.74, 6) is 0.630. The van der Waals surface area contributed by atoms with E-state index in [1.54, 1.807) is 18.3 Å². The molecule has 1 heterocycles. The smallest absolute Gasteiger partial charge is 0.227 e. The third-order valence-corrected chi connectivity index (χ3v) is 3.02. The van der Waals surface area contributed by atoms with Gasteiger partial charge in [-0.2, -0.15) is 12.6 Å². The topological polar surface area (TPSA) is 38.1 Å². The van der Waals surface area contributed by atoms with E-state index < -0.39 is 0 Å². The van der Waals surface area contributed by atoms with Gasteiger partial charge in [0.15, 0.2) is 0 Å². The van der Waals surface area contributed by atoms with E-state index in [2.05, 4.69) is 17.6 Å². The van der Waals surface area contributed by atoms with Gasteiger partial charge in [-0.3, -0.25) is 4.79 Å². The number of aryl methyl sites for hydroxylation is 1. The predicted octanol–water partition coefficient (Wildman–Crippen LogP) is 1.86. The number of anilines is 1. The molecule has 0 saturated carbocycles. The van der Waals surface area contributed by atoms with E-state index in [-0.39, 0.29) is 5.91 Å². The average Bonchev–Trinajstić information content (AvgIpc) is 2.70. The lowest BCUT2D eigenvalue weighted by Gasteiger charge is -2.16. The van der Waals surface area contributed by atoms with Crippen molar-refractivity contribution in [3.05, 3.63) is 24.5 Å². The number of carbonyl (C=O) groups is 1. The summed E-state index contributed by atoms with van der Waals surface area (Å²) < 4.78 is 1.95. The number of aromatic nitrogens is 2. The number of fused-ring (bicyclic) bond motifs is 1. The van der Waals surface area contributed by atoms with E-state index in [0.29, 0.717) is 12.2 Å². The van der Waals surface area contributed by atoms with Gasteiger partial charge in [0.2, 0.25) is 5.91 Å². The van der Waals surface area contributed by atoms with E-state index in [0.717, 1.165) is 16.7 Å². The Balaban J connectivity index is 2.33. The fourth-order valence-electron chi connectivity index (χ4n) is 1.74. The molecule has 2 aromatic rings. The largest absolute Gasteiger partial charge is 0.334 e. The molecule has 0 radical (unpaired) electrons. The standard InChI is InChI=1S/C12H15N3OS/c1-14-8-13-10-7-9(3-4-11(10)14)15(2)12(16)5-6-17/h3-4,7-8,17H,5-6H2,1-2H3. The lowest BCUT2D eigenvalue weighted by molar-refractivity contribution is -0.117. The highest BCUT2D eigenvalue weighted by molar-refractivity contribution is 7.80. The van der Waals surface area contributed by atoms with Gasteiger partial charge < -0.3 is 9.47 Å². The Labute approximate surface area is 106 Å². The summed E-state index contributed by atoms with van der Waals surface area (Å²) in [7, 11) is 3.72. The maximum Gasteiger partial charge on any atom is 0.227 e. The van der Waals surface area contributed by atoms with Gasteiger partial charge in [-0.15, -0.1) is 0 Å². The molecule has 0 N–H and O–H groups in total. The number of nitrogens with zero attached hydrogens (tertiary/aromatic N) is 3. The van der Waals surface area contributed by atoms with Crippen LogP contribution in [0.15, 0.2) is 24.5 Å². The monoisotopic (exact) mass is 249 g/mol. The minimum absolute atomic E-state index is 0.0651. The molecule has 0 saturated heterocycles. The highest BCUT2D eigenvalue weighted by atomic mass is 32.1. The molecule has 1 aromatic heterocycles. The first-order valence-electron chi connectivity index (χ1n) is 5.42. The van der Waals surface area contributed by atoms with Gasteiger partial charge in [-0.05, 0) is 24.0 Å². The SMILES string of the molecule is CN(C(=O)CCS)c1ccc2c(c1)ncn2C. The van der Waals surface area contributed by atoms with Crippen LogP contribution in [0, 0.1) is 0 Å². The van der Waals surface area contributed by atoms with Gasteiger partial charge in [-0.1, -0.05) is 0 Å². The molecule has 0 aliphatic carbocycles. The molecule has 0 aliphatic heterocycles. The number of thiol groups is 1. The van der Waals surface area contributed by atoms with E-state index in [4.69, 9.17) is 0 Å². The molecular formula is C12H15N3OS. The number of imidazole rings is 1. The van der Waals surface area contributed by atoms with Crippen molar-refractivity contribution >= 4 is 35.3 Å². The second-order valence-electron chi connectivity index (χ2n) is 3.95. The van der Waals surface area contributed by atoms with Crippen molar-refractivity contribution in [1.82, 2.24) is 9.55 Å². The minimum atomic E-state index is 0.0651. The number of rotatable bonds is 3. The van der Waals surface area contributed by atoms with Crippen LogP contribution in [0.3, 0.4) is 0 Å². The van der Waals surface area contributed by atoms with E-state index in [1.807, 2.05) is 29.8 Å². The molecule has 0 atom stereocenters. The van der Waals surface area contributed by atoms with Crippen LogP contribution in [-0.2, 0) is 11.8 Å². The third kappa shape index (κ3) is 2.29. The number of hydrogen-bond acceptors (Lipinski definition) is 3. The van der Waals surface area contributed by atoms with E-state index in [9.17, 15) is 4.79 Å². The minimum Gasteiger partial charge on any atom is -0.334 e. The maximum absolute atomic E-state index is 11.7. The summed E-state index contributed by atoms with van der Waals surface area (Å²) in [6.45, 7) is 0. The van der Waals surface area contributed by atoms with Crippen LogP contribution in [0.5, 0.6) is 0 Å². The van der Waals surface area contributed by atoms with Crippen LogP contribution in [0.4, 0.5) is 5.69 Å². The second-order valence-corrected chi connectivity index (χ2v) is 4.40. The van der Waals surface area contributed by atoms with Gasteiger partial charge in [0.25, 0.3) is 0 Å². The van der Waals surface area contributed by atoms with Crippen molar-refractivity contribution in [1.29, 1.82) is 0 Å². The highest BCUT2D eigenvalue weighted by Gasteiger charge is 2.11. The molecule has 5 heteroatoms. The molecule has 4 nitrogen and oxygen atoms in total. The summed E-state index contributed by atoms with van der Waals surface area (Å²) in [6, 6.07) is 5.83. The Morgan fingerprint density at radius 1 is 1.53 bits per heavy atom. The average molecular weight is 249 g/mol. The summed E-state index contributed by atoms with van der Waals surface area (Å²) in [4.78, 5) is 17.7. The van der Waals surface area contributed by atoms with Crippen molar-refractivity contribution in [3.63, 3.8) is 0 Å². The van der Waals surface area contributed by atoms with Crippen LogP contribution in [0.25, 0.3) is 11.0 Å². The highest BCUT2D eigenvalue weighted by Crippen LogP contribution is 2.20. The van der Waals surface area contributed by atoms with E-state index in [1.165, 1.54) is 0 Å². The molecule has 17 heavy (non-hydrogen) atoms. The summed E-state index contributed by atoms with van der Waals surface area (Å²) >= 11 is 4.07. The molecular weight excluding hydrogens is 234 g/mol. The first-order valence-corrected chi connectivity index (χ1v) is 6.05. The molecule has 0 spiro atoms. The van der Waals surface area contributed by atoms with Crippen molar-refractivity contribution in [2.24, 2.45) is 7.05 Å². The fourth-order valence-corrected chi connectivity index (χ4v) is 1.93. The predicted molar refractivity (Wildman–Crippen MR) is 72.6 cm³/mol. The Hall–Kier alpha value is -1.49. The quantitative estimate of drug-likeness (QED) is 0.843. The van der Waals surface area contributed by atoms with Crippen molar-refractivity contribution in [2.75, 3.05) is 17.7 Å². The Morgan fingerprint density at radius 2 is 2.29 bits per heavy atom. The molecule has 0 bridgehead atoms. The zero-order valence-electron chi connectivity index (χ0n) is 9.92. The molecule has 1 amide bonds. The van der Waals surface area contributed by atoms with Crippen molar-refractivity contribution in [3.8, 4) is 0 Å². The maximum atomic E-state index is 11.7. The molecule has 1 aromatic carbocycles. The van der Waals surface area contributed by atoms with Gasteiger partial charge in [0.1, 0.15) is 0 Å². The molecule has 90 valence electrons. The van der Waals surface area contributed by atoms with Gasteiger partial charge in [0, 0.05) is 26.2 Å². The number of carbonyl (C=O) groups excluding carboxylic acids is 1. The number of hydrogen-bond donors (Lipinski definition) is 1. The molecule has 0 aliphatic rings. The Kier molecular flexibility index (Phi) is 3.38. The lowest BCUT2D eigenvalue weighted by Crippen LogP contribution is -2.26. The summed E-state index contributed by atoms with van der Waals surface area (Å²) in [6.07, 6.45) is 2.21. The fraction of sp³-hybridized carbons (Fsp3) is 0.333. The molecule has 0 fully saturated rings. The lowest BCUT2D eigenvalue weighted by atomic mass is 10.2. The van der Waals surface area contributed by atoms with Gasteiger partial charge >= 0.3 is 0 Å². The zero-order chi connectivity index (χ0) is 12.4. The number of benzene rings is 1. The summed E-state index contributed by atoms with van der Waals surface area (Å²) in [5.41, 5.74) is 2.82. The molecule has 2 rings (SSSR count). The first-order chi connectivity index (χ1) is 8.13. The zero-order valence-corrected chi connectivity index (χ0v) is 10.8. The van der Waals surface area contributed by atoms with Gasteiger partial charge in [-0.25, -0.2) is 4.98 Å². The van der Waals surface area contributed by atoms with Crippen molar-refractivity contribution < 1.29 is 4.79 Å². The normalized spacial score (nSPS) is 10.8. The number of amides is 1. The second kappa shape index (κ2) is 4.79. The Bertz CT molecular complexity index is 550. The van der Waals surface area contributed by atoms with Gasteiger partial charge in [0.05, 0.1) is 17.4 Å². The van der Waals surface area contributed by atoms with E-state index >= 15 is 0 Å². The third-order valence-electron chi connectivity index (χ3n) is 2.80. The summed E-state index contributed by atoms with van der Waals surface area (Å²) in [5, 5.41) is 0. The first kappa shape index (κ1) is 12.0. The van der Waals surface area contributed by atoms with Crippen LogP contribution in [-0.4, -0.2) is 28.3 Å². The Morgan fingerprint density at radius 3 is 3.00 bits per heavy atom. The van der Waals surface area contributed by atoms with Crippen LogP contribution in [0.1, 0.15) is 6.42 Å².